The topological polar surface area (TPSA) is 28.2 Å². The Labute approximate surface area is 131 Å². The summed E-state index contributed by atoms with van der Waals surface area (Å²) in [5.74, 6) is -0.105. The predicted octanol–water partition coefficient (Wildman–Crippen LogP) is 2.97. The summed E-state index contributed by atoms with van der Waals surface area (Å²) in [5, 5.41) is 3.57. The molecule has 1 aliphatic rings. The monoisotopic (exact) mass is 299 g/mol. The van der Waals surface area contributed by atoms with Crippen molar-refractivity contribution in [2.24, 2.45) is 0 Å². The molecule has 22 heavy (non-hydrogen) atoms. The Bertz CT molecular complexity index is 588. The van der Waals surface area contributed by atoms with Crippen molar-refractivity contribution in [3.8, 4) is 0 Å². The van der Waals surface area contributed by atoms with Crippen LogP contribution in [0.15, 0.2) is 48.7 Å². The van der Waals surface area contributed by atoms with Gasteiger partial charge in [0, 0.05) is 37.4 Å². The fourth-order valence-electron chi connectivity index (χ4n) is 2.98. The fraction of sp³-hybridized carbons (Fsp3) is 0.389. The smallest absolute Gasteiger partial charge is 0.127 e. The maximum atomic E-state index is 13.8. The van der Waals surface area contributed by atoms with Crippen LogP contribution in [0.5, 0.6) is 0 Å². The number of hydrogen-bond donors (Lipinski definition) is 1. The summed E-state index contributed by atoms with van der Waals surface area (Å²) in [6.07, 6.45) is 4.14. The highest BCUT2D eigenvalue weighted by atomic mass is 19.1. The minimum atomic E-state index is -0.105. The molecule has 1 N–H and O–H groups in total. The van der Waals surface area contributed by atoms with Gasteiger partial charge < -0.3 is 5.32 Å². The Balaban J connectivity index is 1.52. The van der Waals surface area contributed by atoms with Crippen LogP contribution in [0.1, 0.15) is 24.1 Å². The molecule has 1 fully saturated rings. The Hall–Kier alpha value is -1.78. The molecule has 116 valence electrons. The quantitative estimate of drug-likeness (QED) is 0.920. The lowest BCUT2D eigenvalue weighted by molar-refractivity contribution is 0.180. The van der Waals surface area contributed by atoms with Gasteiger partial charge in [0.25, 0.3) is 0 Å². The number of hydrogen-bond acceptors (Lipinski definition) is 3. The average Bonchev–Trinajstić information content (AvgIpc) is 2.57. The Morgan fingerprint density at radius 1 is 1.18 bits per heavy atom. The molecule has 0 unspecified atom stereocenters. The van der Waals surface area contributed by atoms with Gasteiger partial charge in [-0.05, 0) is 37.6 Å². The molecule has 3 rings (SSSR count). The van der Waals surface area contributed by atoms with Crippen molar-refractivity contribution < 1.29 is 4.39 Å². The van der Waals surface area contributed by atoms with Crippen LogP contribution in [0.25, 0.3) is 0 Å². The summed E-state index contributed by atoms with van der Waals surface area (Å²) in [6.45, 7) is 3.48. The molecule has 0 amide bonds. The first kappa shape index (κ1) is 15.1. The van der Waals surface area contributed by atoms with Crippen molar-refractivity contribution in [3.63, 3.8) is 0 Å². The molecule has 2 aromatic rings. The minimum absolute atomic E-state index is 0.105. The number of nitrogens with zero attached hydrogens (tertiary/aromatic N) is 2. The van der Waals surface area contributed by atoms with Gasteiger partial charge in [-0.25, -0.2) is 4.39 Å². The normalized spacial score (nSPS) is 19.2. The van der Waals surface area contributed by atoms with Crippen LogP contribution in [0.3, 0.4) is 0 Å². The second kappa shape index (κ2) is 7.47. The van der Waals surface area contributed by atoms with Gasteiger partial charge >= 0.3 is 0 Å². The van der Waals surface area contributed by atoms with E-state index in [1.54, 1.807) is 6.07 Å². The lowest BCUT2D eigenvalue weighted by atomic mass is 10.0. The summed E-state index contributed by atoms with van der Waals surface area (Å²) in [5.41, 5.74) is 1.85. The molecule has 3 nitrogen and oxygen atoms in total. The first-order chi connectivity index (χ1) is 10.8. The number of rotatable bonds is 5. The van der Waals surface area contributed by atoms with Gasteiger partial charge in [-0.3, -0.25) is 9.88 Å². The number of likely N-dealkylation sites (tertiary alicyclic amines) is 1. The molecular formula is C18H22FN3. The first-order valence-corrected chi connectivity index (χ1v) is 7.90. The lowest BCUT2D eigenvalue weighted by Gasteiger charge is -2.33. The van der Waals surface area contributed by atoms with Gasteiger partial charge in [0.05, 0.1) is 5.69 Å². The third-order valence-corrected chi connectivity index (χ3v) is 4.16. The van der Waals surface area contributed by atoms with Crippen LogP contribution in [-0.2, 0) is 13.1 Å². The maximum absolute atomic E-state index is 13.8. The van der Waals surface area contributed by atoms with E-state index in [1.807, 2.05) is 36.5 Å². The highest BCUT2D eigenvalue weighted by molar-refractivity contribution is 5.17. The van der Waals surface area contributed by atoms with Gasteiger partial charge in [0.1, 0.15) is 5.82 Å². The van der Waals surface area contributed by atoms with Crippen molar-refractivity contribution in [1.82, 2.24) is 15.2 Å². The highest BCUT2D eigenvalue weighted by Crippen LogP contribution is 2.16. The third kappa shape index (κ3) is 4.12. The van der Waals surface area contributed by atoms with E-state index in [0.29, 0.717) is 12.6 Å². The summed E-state index contributed by atoms with van der Waals surface area (Å²) in [4.78, 5) is 6.67. The number of aromatic nitrogens is 1. The van der Waals surface area contributed by atoms with Crippen molar-refractivity contribution in [1.29, 1.82) is 0 Å². The van der Waals surface area contributed by atoms with Gasteiger partial charge in [-0.15, -0.1) is 0 Å². The average molecular weight is 299 g/mol. The third-order valence-electron chi connectivity index (χ3n) is 4.16. The standard InChI is InChI=1S/C18H22FN3/c19-18-9-2-1-6-15(18)13-22-11-5-8-17(14-22)21-12-16-7-3-4-10-20-16/h1-4,6-7,9-10,17,21H,5,8,11-14H2/t17-/m1/s1. The van der Waals surface area contributed by atoms with Gasteiger partial charge in [-0.2, -0.15) is 0 Å². The molecule has 1 aliphatic heterocycles. The zero-order chi connectivity index (χ0) is 15.2. The van der Waals surface area contributed by atoms with Gasteiger partial charge in [0.15, 0.2) is 0 Å². The van der Waals surface area contributed by atoms with Crippen molar-refractivity contribution in [3.05, 3.63) is 65.7 Å². The maximum Gasteiger partial charge on any atom is 0.127 e. The first-order valence-electron chi connectivity index (χ1n) is 7.90. The molecule has 1 aromatic carbocycles. The van der Waals surface area contributed by atoms with Crippen LogP contribution in [-0.4, -0.2) is 29.0 Å². The number of benzene rings is 1. The van der Waals surface area contributed by atoms with Crippen molar-refractivity contribution in [2.75, 3.05) is 13.1 Å². The van der Waals surface area contributed by atoms with Crippen LogP contribution in [0.2, 0.25) is 0 Å². The molecule has 0 bridgehead atoms. The van der Waals surface area contributed by atoms with E-state index in [1.165, 1.54) is 12.5 Å². The predicted molar refractivity (Wildman–Crippen MR) is 85.8 cm³/mol. The number of nitrogens with one attached hydrogen (secondary N) is 1. The molecular weight excluding hydrogens is 277 g/mol. The Morgan fingerprint density at radius 2 is 2.05 bits per heavy atom. The Morgan fingerprint density at radius 3 is 2.86 bits per heavy atom. The summed E-state index contributed by atoms with van der Waals surface area (Å²) < 4.78 is 13.8. The van der Waals surface area contributed by atoms with E-state index >= 15 is 0 Å². The van der Waals surface area contributed by atoms with Crippen molar-refractivity contribution in [2.45, 2.75) is 32.0 Å². The largest absolute Gasteiger partial charge is 0.307 e. The molecule has 0 radical (unpaired) electrons. The molecule has 0 aliphatic carbocycles. The van der Waals surface area contributed by atoms with E-state index in [0.717, 1.165) is 37.3 Å². The zero-order valence-electron chi connectivity index (χ0n) is 12.7. The SMILES string of the molecule is Fc1ccccc1CN1CCC[C@@H](NCc2ccccn2)C1. The molecule has 0 spiro atoms. The second-order valence-electron chi connectivity index (χ2n) is 5.87. The van der Waals surface area contributed by atoms with Crippen LogP contribution in [0.4, 0.5) is 4.39 Å². The van der Waals surface area contributed by atoms with Crippen LogP contribution < -0.4 is 5.32 Å². The summed E-state index contributed by atoms with van der Waals surface area (Å²) in [7, 11) is 0. The summed E-state index contributed by atoms with van der Waals surface area (Å²) in [6, 6.07) is 13.5. The summed E-state index contributed by atoms with van der Waals surface area (Å²) >= 11 is 0. The lowest BCUT2D eigenvalue weighted by Crippen LogP contribution is -2.45. The molecule has 0 saturated carbocycles. The molecule has 1 saturated heterocycles. The van der Waals surface area contributed by atoms with Gasteiger partial charge in [-0.1, -0.05) is 24.3 Å². The molecule has 1 aromatic heterocycles. The van der Waals surface area contributed by atoms with E-state index in [2.05, 4.69) is 15.2 Å². The van der Waals surface area contributed by atoms with Crippen LogP contribution >= 0.6 is 0 Å². The number of piperidine rings is 1. The fourth-order valence-corrected chi connectivity index (χ4v) is 2.98. The minimum Gasteiger partial charge on any atom is -0.307 e. The molecule has 4 heteroatoms. The molecule has 1 atom stereocenters. The number of halogens is 1. The molecule has 2 heterocycles. The van der Waals surface area contributed by atoms with E-state index in [-0.39, 0.29) is 5.82 Å². The number of pyridine rings is 1. The highest BCUT2D eigenvalue weighted by Gasteiger charge is 2.20. The van der Waals surface area contributed by atoms with E-state index < -0.39 is 0 Å². The Kier molecular flexibility index (Phi) is 5.14. The van der Waals surface area contributed by atoms with E-state index in [9.17, 15) is 4.39 Å². The van der Waals surface area contributed by atoms with Crippen molar-refractivity contribution >= 4 is 0 Å². The van der Waals surface area contributed by atoms with Crippen LogP contribution in [0, 0.1) is 5.82 Å². The zero-order valence-corrected chi connectivity index (χ0v) is 12.7. The van der Waals surface area contributed by atoms with Gasteiger partial charge in [0.2, 0.25) is 0 Å². The second-order valence-corrected chi connectivity index (χ2v) is 5.87. The van der Waals surface area contributed by atoms with E-state index in [4.69, 9.17) is 0 Å².